The maximum Gasteiger partial charge on any atom is 0.0165 e. The van der Waals surface area contributed by atoms with Crippen molar-refractivity contribution < 1.29 is 0 Å². The molecule has 0 bridgehead atoms. The Morgan fingerprint density at radius 2 is 1.50 bits per heavy atom. The third-order valence-corrected chi connectivity index (χ3v) is 1.86. The van der Waals surface area contributed by atoms with E-state index < -0.39 is 0 Å². The summed E-state index contributed by atoms with van der Waals surface area (Å²) in [6, 6.07) is 1.26. The van der Waals surface area contributed by atoms with Crippen LogP contribution in [0.5, 0.6) is 0 Å². The van der Waals surface area contributed by atoms with Crippen LogP contribution in [0.2, 0.25) is 0 Å². The molecule has 0 aromatic carbocycles. The first-order valence-corrected chi connectivity index (χ1v) is 4.51. The van der Waals surface area contributed by atoms with Gasteiger partial charge in [0.2, 0.25) is 0 Å². The van der Waals surface area contributed by atoms with Crippen LogP contribution in [0.1, 0.15) is 27.7 Å². The van der Waals surface area contributed by atoms with Crippen LogP contribution in [0.25, 0.3) is 0 Å². The van der Waals surface area contributed by atoms with Crippen molar-refractivity contribution in [3.8, 4) is 0 Å². The molecule has 0 unspecified atom stereocenters. The fourth-order valence-corrected chi connectivity index (χ4v) is 1.43. The van der Waals surface area contributed by atoms with Crippen molar-refractivity contribution in [3.63, 3.8) is 0 Å². The smallest absolute Gasteiger partial charge is 0.0165 e. The minimum absolute atomic E-state index is 0.628. The second-order valence-corrected chi connectivity index (χ2v) is 3.54. The van der Waals surface area contributed by atoms with Crippen molar-refractivity contribution in [1.82, 2.24) is 4.90 Å². The van der Waals surface area contributed by atoms with Gasteiger partial charge in [-0.15, -0.1) is 0 Å². The Kier molecular flexibility index (Phi) is 5.18. The minimum atomic E-state index is 0.628. The van der Waals surface area contributed by atoms with E-state index >= 15 is 0 Å². The van der Waals surface area contributed by atoms with Crippen molar-refractivity contribution in [3.05, 3.63) is 0 Å². The van der Waals surface area contributed by atoms with Crippen molar-refractivity contribution >= 4 is 12.6 Å². The first-order chi connectivity index (χ1) is 4.59. The van der Waals surface area contributed by atoms with Crippen LogP contribution in [-0.2, 0) is 0 Å². The van der Waals surface area contributed by atoms with Gasteiger partial charge in [0.05, 0.1) is 0 Å². The Morgan fingerprint density at radius 3 is 1.60 bits per heavy atom. The van der Waals surface area contributed by atoms with Gasteiger partial charge in [0.15, 0.2) is 0 Å². The second kappa shape index (κ2) is 5.03. The lowest BCUT2D eigenvalue weighted by atomic mass is 10.2. The predicted octanol–water partition coefficient (Wildman–Crippen LogP) is 2.30. The van der Waals surface area contributed by atoms with Gasteiger partial charge in [-0.25, -0.2) is 0 Å². The molecule has 0 N–H and O–H groups in total. The highest BCUT2D eigenvalue weighted by atomic mass is 32.1. The monoisotopic (exact) mass is 160 g/mol. The molecule has 2 heteroatoms. The average molecular weight is 160 g/mol. The molecule has 0 atom stereocenters. The van der Waals surface area contributed by atoms with E-state index in [4.69, 9.17) is 12.6 Å². The summed E-state index contributed by atoms with van der Waals surface area (Å²) >= 11 is 4.93. The van der Waals surface area contributed by atoms with Gasteiger partial charge < -0.3 is 0 Å². The second-order valence-electron chi connectivity index (χ2n) is 3.13. The van der Waals surface area contributed by atoms with E-state index in [1.165, 1.54) is 0 Å². The summed E-state index contributed by atoms with van der Waals surface area (Å²) in [4.78, 5) is 2.41. The lowest BCUT2D eigenvalue weighted by molar-refractivity contribution is 0.187. The standard InChI is InChI=1S/C8H18NS/c1-7(2)9(5-6-10)8(3)4/h7-8H,5-6H2,1-4H3. The summed E-state index contributed by atoms with van der Waals surface area (Å²) in [5, 5.41) is 0. The summed E-state index contributed by atoms with van der Waals surface area (Å²) < 4.78 is 0. The molecular weight excluding hydrogens is 142 g/mol. The van der Waals surface area contributed by atoms with Gasteiger partial charge in [0, 0.05) is 24.4 Å². The Bertz CT molecular complexity index is 73.3. The molecule has 1 nitrogen and oxygen atoms in total. The molecule has 0 aromatic rings. The molecule has 0 saturated heterocycles. The van der Waals surface area contributed by atoms with E-state index in [2.05, 4.69) is 32.6 Å². The summed E-state index contributed by atoms with van der Waals surface area (Å²) in [5.41, 5.74) is 0. The number of nitrogens with zero attached hydrogens (tertiary/aromatic N) is 1. The zero-order chi connectivity index (χ0) is 8.15. The minimum Gasteiger partial charge on any atom is -0.298 e. The molecule has 61 valence electrons. The van der Waals surface area contributed by atoms with Crippen molar-refractivity contribution in [2.75, 3.05) is 12.3 Å². The van der Waals surface area contributed by atoms with Gasteiger partial charge in [-0.3, -0.25) is 4.90 Å². The first-order valence-electron chi connectivity index (χ1n) is 3.93. The van der Waals surface area contributed by atoms with Gasteiger partial charge in [-0.2, -0.15) is 0 Å². The van der Waals surface area contributed by atoms with Crippen molar-refractivity contribution in [1.29, 1.82) is 0 Å². The van der Waals surface area contributed by atoms with E-state index in [0.29, 0.717) is 12.1 Å². The molecule has 10 heavy (non-hydrogen) atoms. The third kappa shape index (κ3) is 3.47. The van der Waals surface area contributed by atoms with Crippen LogP contribution >= 0.6 is 12.6 Å². The Morgan fingerprint density at radius 1 is 1.10 bits per heavy atom. The molecule has 0 saturated carbocycles. The molecule has 1 radical (unpaired) electrons. The highest BCUT2D eigenvalue weighted by Gasteiger charge is 2.10. The summed E-state index contributed by atoms with van der Waals surface area (Å²) in [6.45, 7) is 9.90. The molecular formula is C8H18NS. The maximum absolute atomic E-state index is 4.93. The molecule has 0 aliphatic rings. The topological polar surface area (TPSA) is 3.24 Å². The van der Waals surface area contributed by atoms with Crippen LogP contribution in [0.4, 0.5) is 0 Å². The zero-order valence-electron chi connectivity index (χ0n) is 7.42. The summed E-state index contributed by atoms with van der Waals surface area (Å²) in [7, 11) is 0. The van der Waals surface area contributed by atoms with E-state index in [-0.39, 0.29) is 0 Å². The van der Waals surface area contributed by atoms with Crippen molar-refractivity contribution in [2.45, 2.75) is 39.8 Å². The third-order valence-electron chi connectivity index (χ3n) is 1.68. The molecule has 0 aromatic heterocycles. The van der Waals surface area contributed by atoms with E-state index in [0.717, 1.165) is 12.3 Å². The fourth-order valence-electron chi connectivity index (χ4n) is 1.22. The number of hydrogen-bond acceptors (Lipinski definition) is 1. The van der Waals surface area contributed by atoms with Gasteiger partial charge in [0.25, 0.3) is 0 Å². The summed E-state index contributed by atoms with van der Waals surface area (Å²) in [5.74, 6) is 0.844. The quantitative estimate of drug-likeness (QED) is 0.610. The molecule has 0 fully saturated rings. The lowest BCUT2D eigenvalue weighted by Crippen LogP contribution is -2.38. The largest absolute Gasteiger partial charge is 0.298 e. The van der Waals surface area contributed by atoms with Gasteiger partial charge in [-0.05, 0) is 27.7 Å². The molecule has 0 amide bonds. The highest BCUT2D eigenvalue weighted by Crippen LogP contribution is 2.03. The molecule has 0 rings (SSSR count). The summed E-state index contributed by atoms with van der Waals surface area (Å²) in [6.07, 6.45) is 0. The normalized spacial score (nSPS) is 12.0. The predicted molar refractivity (Wildman–Crippen MR) is 49.4 cm³/mol. The molecule has 0 aliphatic heterocycles. The van der Waals surface area contributed by atoms with E-state index in [1.54, 1.807) is 0 Å². The Labute approximate surface area is 70.2 Å². The first kappa shape index (κ1) is 10.3. The van der Waals surface area contributed by atoms with Gasteiger partial charge >= 0.3 is 0 Å². The van der Waals surface area contributed by atoms with E-state index in [9.17, 15) is 0 Å². The SMILES string of the molecule is CC(C)N(CC[S])C(C)C. The van der Waals surface area contributed by atoms with Crippen LogP contribution in [0, 0.1) is 0 Å². The number of rotatable bonds is 4. The lowest BCUT2D eigenvalue weighted by Gasteiger charge is -2.29. The van der Waals surface area contributed by atoms with Gasteiger partial charge in [-0.1, -0.05) is 12.6 Å². The fraction of sp³-hybridized carbons (Fsp3) is 1.00. The average Bonchev–Trinajstić information content (AvgIpc) is 1.81. The van der Waals surface area contributed by atoms with Gasteiger partial charge in [0.1, 0.15) is 0 Å². The van der Waals surface area contributed by atoms with Crippen LogP contribution in [0.3, 0.4) is 0 Å². The molecule has 0 aliphatic carbocycles. The molecule has 0 heterocycles. The van der Waals surface area contributed by atoms with Crippen LogP contribution < -0.4 is 0 Å². The van der Waals surface area contributed by atoms with Crippen molar-refractivity contribution in [2.24, 2.45) is 0 Å². The Balaban J connectivity index is 3.73. The zero-order valence-corrected chi connectivity index (χ0v) is 8.24. The maximum atomic E-state index is 4.93. The number of hydrogen-bond donors (Lipinski definition) is 0. The highest BCUT2D eigenvalue weighted by molar-refractivity contribution is 7.80. The van der Waals surface area contributed by atoms with Crippen LogP contribution in [-0.4, -0.2) is 29.3 Å². The Hall–Kier alpha value is 0.310. The van der Waals surface area contributed by atoms with Crippen LogP contribution in [0.15, 0.2) is 0 Å². The molecule has 0 spiro atoms. The van der Waals surface area contributed by atoms with E-state index in [1.807, 2.05) is 0 Å².